The SMILES string of the molecule is CCC1CCCCN1c1nncc(N2CCN(c3ccccc3)CC2)n1. The zero-order chi connectivity index (χ0) is 17.8. The van der Waals surface area contributed by atoms with Crippen LogP contribution in [0.15, 0.2) is 36.5 Å². The van der Waals surface area contributed by atoms with Crippen LogP contribution in [0, 0.1) is 0 Å². The van der Waals surface area contributed by atoms with Gasteiger partial charge in [-0.05, 0) is 37.8 Å². The topological polar surface area (TPSA) is 48.4 Å². The third-order valence-corrected chi connectivity index (χ3v) is 5.62. The minimum Gasteiger partial charge on any atom is -0.368 e. The first-order valence-corrected chi connectivity index (χ1v) is 9.86. The van der Waals surface area contributed by atoms with Crippen LogP contribution in [0.2, 0.25) is 0 Å². The average molecular weight is 352 g/mol. The normalized spacial score (nSPS) is 21.1. The smallest absolute Gasteiger partial charge is 0.247 e. The minimum atomic E-state index is 0.552. The molecule has 26 heavy (non-hydrogen) atoms. The van der Waals surface area contributed by atoms with Gasteiger partial charge in [-0.25, -0.2) is 0 Å². The highest BCUT2D eigenvalue weighted by molar-refractivity contribution is 5.49. The first-order chi connectivity index (χ1) is 12.8. The van der Waals surface area contributed by atoms with Crippen LogP contribution in [-0.2, 0) is 0 Å². The first-order valence-electron chi connectivity index (χ1n) is 9.86. The van der Waals surface area contributed by atoms with Gasteiger partial charge in [0.2, 0.25) is 5.95 Å². The molecule has 6 heteroatoms. The lowest BCUT2D eigenvalue weighted by molar-refractivity contribution is 0.441. The van der Waals surface area contributed by atoms with E-state index >= 15 is 0 Å². The zero-order valence-corrected chi connectivity index (χ0v) is 15.6. The average Bonchev–Trinajstić information content (AvgIpc) is 2.74. The molecule has 0 aliphatic carbocycles. The number of hydrogen-bond donors (Lipinski definition) is 0. The molecule has 1 unspecified atom stereocenters. The Labute approximate surface area is 155 Å². The molecular formula is C20H28N6. The van der Waals surface area contributed by atoms with Gasteiger partial charge < -0.3 is 14.7 Å². The maximum atomic E-state index is 4.88. The molecular weight excluding hydrogens is 324 g/mol. The maximum Gasteiger partial charge on any atom is 0.247 e. The molecule has 3 heterocycles. The van der Waals surface area contributed by atoms with Crippen molar-refractivity contribution >= 4 is 17.5 Å². The van der Waals surface area contributed by atoms with Gasteiger partial charge in [-0.2, -0.15) is 10.1 Å². The van der Waals surface area contributed by atoms with Crippen molar-refractivity contribution in [2.45, 2.75) is 38.6 Å². The summed E-state index contributed by atoms with van der Waals surface area (Å²) in [6.07, 6.45) is 6.72. The van der Waals surface area contributed by atoms with Crippen LogP contribution in [0.3, 0.4) is 0 Å². The Hall–Kier alpha value is -2.37. The molecule has 0 N–H and O–H groups in total. The molecule has 0 spiro atoms. The summed E-state index contributed by atoms with van der Waals surface area (Å²) in [7, 11) is 0. The Kier molecular flexibility index (Phi) is 5.18. The molecule has 4 rings (SSSR count). The lowest BCUT2D eigenvalue weighted by Gasteiger charge is -2.38. The van der Waals surface area contributed by atoms with Gasteiger partial charge in [-0.15, -0.1) is 5.10 Å². The first kappa shape index (κ1) is 17.1. The van der Waals surface area contributed by atoms with Crippen molar-refractivity contribution < 1.29 is 0 Å². The van der Waals surface area contributed by atoms with Crippen molar-refractivity contribution in [2.24, 2.45) is 0 Å². The number of anilines is 3. The van der Waals surface area contributed by atoms with Gasteiger partial charge in [0.25, 0.3) is 0 Å². The van der Waals surface area contributed by atoms with E-state index < -0.39 is 0 Å². The van der Waals surface area contributed by atoms with Crippen LogP contribution >= 0.6 is 0 Å². The molecule has 0 radical (unpaired) electrons. The van der Waals surface area contributed by atoms with Crippen molar-refractivity contribution in [1.82, 2.24) is 15.2 Å². The van der Waals surface area contributed by atoms with Crippen molar-refractivity contribution in [3.8, 4) is 0 Å². The predicted molar refractivity (Wildman–Crippen MR) is 106 cm³/mol. The zero-order valence-electron chi connectivity index (χ0n) is 15.6. The fourth-order valence-corrected chi connectivity index (χ4v) is 4.08. The molecule has 0 amide bonds. The van der Waals surface area contributed by atoms with E-state index in [1.54, 1.807) is 0 Å². The summed E-state index contributed by atoms with van der Waals surface area (Å²) in [4.78, 5) is 12.0. The number of hydrogen-bond acceptors (Lipinski definition) is 6. The molecule has 0 saturated carbocycles. The summed E-state index contributed by atoms with van der Waals surface area (Å²) in [5.41, 5.74) is 1.30. The molecule has 1 aromatic carbocycles. The Morgan fingerprint density at radius 1 is 0.962 bits per heavy atom. The number of benzene rings is 1. The van der Waals surface area contributed by atoms with E-state index in [0.717, 1.165) is 50.9 Å². The van der Waals surface area contributed by atoms with Gasteiger partial charge in [0.15, 0.2) is 5.82 Å². The van der Waals surface area contributed by atoms with Crippen molar-refractivity contribution in [1.29, 1.82) is 0 Å². The summed E-state index contributed by atoms with van der Waals surface area (Å²) < 4.78 is 0. The summed E-state index contributed by atoms with van der Waals surface area (Å²) in [5.74, 6) is 1.77. The van der Waals surface area contributed by atoms with Crippen LogP contribution in [0.25, 0.3) is 0 Å². The molecule has 2 aliphatic rings. The number of rotatable bonds is 4. The third-order valence-electron chi connectivity index (χ3n) is 5.62. The summed E-state index contributed by atoms with van der Waals surface area (Å²) in [5, 5.41) is 8.62. The van der Waals surface area contributed by atoms with Gasteiger partial charge in [-0.3, -0.25) is 0 Å². The minimum absolute atomic E-state index is 0.552. The van der Waals surface area contributed by atoms with Crippen molar-refractivity contribution in [3.05, 3.63) is 36.5 Å². The largest absolute Gasteiger partial charge is 0.368 e. The molecule has 138 valence electrons. The molecule has 6 nitrogen and oxygen atoms in total. The molecule has 1 atom stereocenters. The van der Waals surface area contributed by atoms with E-state index in [0.29, 0.717) is 6.04 Å². The second-order valence-corrected chi connectivity index (χ2v) is 7.18. The Balaban J connectivity index is 1.44. The second-order valence-electron chi connectivity index (χ2n) is 7.18. The summed E-state index contributed by atoms with van der Waals surface area (Å²) >= 11 is 0. The van der Waals surface area contributed by atoms with Crippen molar-refractivity contribution in [2.75, 3.05) is 47.4 Å². The Morgan fingerprint density at radius 2 is 1.73 bits per heavy atom. The van der Waals surface area contributed by atoms with Crippen LogP contribution in [0.4, 0.5) is 17.5 Å². The van der Waals surface area contributed by atoms with E-state index in [4.69, 9.17) is 4.98 Å². The lowest BCUT2D eigenvalue weighted by Crippen LogP contribution is -2.47. The standard InChI is InChI=1S/C20H28N6/c1-2-17-8-6-7-11-26(17)20-22-19(16-21-23-20)25-14-12-24(13-15-25)18-9-4-3-5-10-18/h3-5,9-10,16-17H,2,6-8,11-15H2,1H3. The van der Waals surface area contributed by atoms with Gasteiger partial charge >= 0.3 is 0 Å². The van der Waals surface area contributed by atoms with E-state index in [1.165, 1.54) is 24.9 Å². The maximum absolute atomic E-state index is 4.88. The molecule has 0 bridgehead atoms. The molecule has 2 aromatic rings. The predicted octanol–water partition coefficient (Wildman–Crippen LogP) is 2.97. The number of nitrogens with zero attached hydrogens (tertiary/aromatic N) is 6. The third kappa shape index (κ3) is 3.59. The Morgan fingerprint density at radius 3 is 2.50 bits per heavy atom. The van der Waals surface area contributed by atoms with Gasteiger partial charge in [-0.1, -0.05) is 25.1 Å². The monoisotopic (exact) mass is 352 g/mol. The fraction of sp³-hybridized carbons (Fsp3) is 0.550. The highest BCUT2D eigenvalue weighted by Gasteiger charge is 2.25. The summed E-state index contributed by atoms with van der Waals surface area (Å²) in [6.45, 7) is 7.23. The van der Waals surface area contributed by atoms with E-state index in [9.17, 15) is 0 Å². The Bertz CT molecular complexity index is 698. The number of piperidine rings is 1. The highest BCUT2D eigenvalue weighted by atomic mass is 15.4. The van der Waals surface area contributed by atoms with E-state index in [2.05, 4.69) is 62.2 Å². The molecule has 2 fully saturated rings. The van der Waals surface area contributed by atoms with Gasteiger partial charge in [0.05, 0.1) is 6.20 Å². The van der Waals surface area contributed by atoms with E-state index in [-0.39, 0.29) is 0 Å². The fourth-order valence-electron chi connectivity index (χ4n) is 4.08. The van der Waals surface area contributed by atoms with Crippen LogP contribution in [-0.4, -0.2) is 53.9 Å². The quantitative estimate of drug-likeness (QED) is 0.843. The number of piperazine rings is 1. The molecule has 1 aromatic heterocycles. The van der Waals surface area contributed by atoms with Gasteiger partial charge in [0.1, 0.15) is 0 Å². The highest BCUT2D eigenvalue weighted by Crippen LogP contribution is 2.25. The lowest BCUT2D eigenvalue weighted by atomic mass is 10.0. The number of aromatic nitrogens is 3. The van der Waals surface area contributed by atoms with Crippen LogP contribution < -0.4 is 14.7 Å². The van der Waals surface area contributed by atoms with Gasteiger partial charge in [0, 0.05) is 44.5 Å². The van der Waals surface area contributed by atoms with Crippen LogP contribution in [0.1, 0.15) is 32.6 Å². The van der Waals surface area contributed by atoms with Crippen molar-refractivity contribution in [3.63, 3.8) is 0 Å². The molecule has 2 aliphatic heterocycles. The van der Waals surface area contributed by atoms with Crippen LogP contribution in [0.5, 0.6) is 0 Å². The summed E-state index contributed by atoms with van der Waals surface area (Å²) in [6, 6.07) is 11.2. The number of para-hydroxylation sites is 1. The second kappa shape index (κ2) is 7.89. The molecule has 2 saturated heterocycles. The van der Waals surface area contributed by atoms with E-state index in [1.807, 2.05) is 6.20 Å².